The Bertz CT molecular complexity index is 745. The van der Waals surface area contributed by atoms with E-state index in [1.807, 2.05) is 12.3 Å². The Kier molecular flexibility index (Phi) is 7.24. The standard InChI is InChI=1S/C21H28N4OS/c1-3-7-19-18(14-22-21(24-19)27-2)20(26)23-17-10-12-25(13-11-17)15-16-8-5-4-6-9-16/h4-6,8-9,14,17H,3,7,10-13,15H2,1-2H3,(H,23,26). The van der Waals surface area contributed by atoms with Gasteiger partial charge in [0.05, 0.1) is 11.3 Å². The molecule has 144 valence electrons. The van der Waals surface area contributed by atoms with Crippen LogP contribution in [0.5, 0.6) is 0 Å². The predicted octanol–water partition coefficient (Wildman–Crippen LogP) is 3.55. The summed E-state index contributed by atoms with van der Waals surface area (Å²) < 4.78 is 0. The molecule has 1 aromatic carbocycles. The summed E-state index contributed by atoms with van der Waals surface area (Å²) in [6.07, 6.45) is 7.35. The molecule has 1 aliphatic heterocycles. The van der Waals surface area contributed by atoms with Gasteiger partial charge in [0.2, 0.25) is 0 Å². The summed E-state index contributed by atoms with van der Waals surface area (Å²) in [5.74, 6) is -0.0346. The molecular formula is C21H28N4OS. The van der Waals surface area contributed by atoms with Crippen LogP contribution < -0.4 is 5.32 Å². The number of likely N-dealkylation sites (tertiary alicyclic amines) is 1. The van der Waals surface area contributed by atoms with E-state index in [1.165, 1.54) is 17.3 Å². The van der Waals surface area contributed by atoms with Gasteiger partial charge in [0, 0.05) is 31.9 Å². The summed E-state index contributed by atoms with van der Waals surface area (Å²) in [5, 5.41) is 3.93. The molecule has 0 bridgehead atoms. The number of hydrogen-bond donors (Lipinski definition) is 1. The van der Waals surface area contributed by atoms with E-state index < -0.39 is 0 Å². The van der Waals surface area contributed by atoms with Gasteiger partial charge in [-0.3, -0.25) is 9.69 Å². The summed E-state index contributed by atoms with van der Waals surface area (Å²) in [5.41, 5.74) is 2.83. The van der Waals surface area contributed by atoms with Gasteiger partial charge in [0.1, 0.15) is 0 Å². The molecule has 0 aliphatic carbocycles. The van der Waals surface area contributed by atoms with Crippen LogP contribution in [-0.2, 0) is 13.0 Å². The molecule has 0 radical (unpaired) electrons. The maximum Gasteiger partial charge on any atom is 0.254 e. The van der Waals surface area contributed by atoms with Crippen LogP contribution in [0.25, 0.3) is 0 Å². The number of thioether (sulfide) groups is 1. The number of carbonyl (C=O) groups excluding carboxylic acids is 1. The quantitative estimate of drug-likeness (QED) is 0.584. The zero-order valence-corrected chi connectivity index (χ0v) is 17.0. The first kappa shape index (κ1) is 19.8. The van der Waals surface area contributed by atoms with Crippen molar-refractivity contribution in [3.8, 4) is 0 Å². The molecule has 6 heteroatoms. The third-order valence-electron chi connectivity index (χ3n) is 4.93. The summed E-state index contributed by atoms with van der Waals surface area (Å²) in [7, 11) is 0. The highest BCUT2D eigenvalue weighted by molar-refractivity contribution is 7.98. The molecule has 3 rings (SSSR count). The van der Waals surface area contributed by atoms with Crippen molar-refractivity contribution in [3.63, 3.8) is 0 Å². The Morgan fingerprint density at radius 1 is 1.26 bits per heavy atom. The predicted molar refractivity (Wildman–Crippen MR) is 110 cm³/mol. The highest BCUT2D eigenvalue weighted by Crippen LogP contribution is 2.17. The van der Waals surface area contributed by atoms with Gasteiger partial charge < -0.3 is 5.32 Å². The minimum Gasteiger partial charge on any atom is -0.349 e. The zero-order chi connectivity index (χ0) is 19.1. The zero-order valence-electron chi connectivity index (χ0n) is 16.1. The van der Waals surface area contributed by atoms with E-state index in [0.717, 1.165) is 56.2 Å². The number of nitrogens with zero attached hydrogens (tertiary/aromatic N) is 3. The molecule has 2 heterocycles. The smallest absolute Gasteiger partial charge is 0.254 e. The van der Waals surface area contributed by atoms with Crippen LogP contribution in [0, 0.1) is 0 Å². The summed E-state index contributed by atoms with van der Waals surface area (Å²) in [4.78, 5) is 24.1. The molecule has 0 unspecified atom stereocenters. The first-order chi connectivity index (χ1) is 13.2. The molecule has 1 fully saturated rings. The summed E-state index contributed by atoms with van der Waals surface area (Å²) in [6, 6.07) is 10.8. The SMILES string of the molecule is CCCc1nc(SC)ncc1C(=O)NC1CCN(Cc2ccccc2)CC1. The second-order valence-electron chi connectivity index (χ2n) is 6.98. The van der Waals surface area contributed by atoms with Crippen LogP contribution in [0.3, 0.4) is 0 Å². The Balaban J connectivity index is 1.55. The van der Waals surface area contributed by atoms with Crippen LogP contribution in [0.2, 0.25) is 0 Å². The number of benzene rings is 1. The lowest BCUT2D eigenvalue weighted by molar-refractivity contribution is 0.0907. The minimum atomic E-state index is -0.0346. The molecule has 2 aromatic rings. The molecule has 1 aliphatic rings. The second kappa shape index (κ2) is 9.85. The van der Waals surface area contributed by atoms with Gasteiger partial charge in [-0.05, 0) is 31.1 Å². The van der Waals surface area contributed by atoms with Gasteiger partial charge in [-0.25, -0.2) is 9.97 Å². The van der Waals surface area contributed by atoms with E-state index in [2.05, 4.69) is 51.4 Å². The number of aromatic nitrogens is 2. The highest BCUT2D eigenvalue weighted by Gasteiger charge is 2.23. The Labute approximate surface area is 166 Å². The van der Waals surface area contributed by atoms with Crippen molar-refractivity contribution in [2.24, 2.45) is 0 Å². The van der Waals surface area contributed by atoms with Gasteiger partial charge >= 0.3 is 0 Å². The molecule has 1 aromatic heterocycles. The van der Waals surface area contributed by atoms with Crippen molar-refractivity contribution in [2.75, 3.05) is 19.3 Å². The number of nitrogens with one attached hydrogen (secondary N) is 1. The maximum absolute atomic E-state index is 12.8. The summed E-state index contributed by atoms with van der Waals surface area (Å²) >= 11 is 1.51. The third-order valence-corrected chi connectivity index (χ3v) is 5.49. The van der Waals surface area contributed by atoms with Gasteiger partial charge in [0.25, 0.3) is 5.91 Å². The molecular weight excluding hydrogens is 356 g/mol. The molecule has 1 amide bonds. The van der Waals surface area contributed by atoms with Gasteiger partial charge in [-0.1, -0.05) is 55.4 Å². The first-order valence-corrected chi connectivity index (χ1v) is 10.9. The Morgan fingerprint density at radius 2 is 2.00 bits per heavy atom. The van der Waals surface area contributed by atoms with E-state index in [1.54, 1.807) is 6.20 Å². The topological polar surface area (TPSA) is 58.1 Å². The van der Waals surface area contributed by atoms with E-state index in [4.69, 9.17) is 0 Å². The molecule has 1 N–H and O–H groups in total. The maximum atomic E-state index is 12.8. The molecule has 5 nitrogen and oxygen atoms in total. The average Bonchev–Trinajstić information content (AvgIpc) is 2.70. The lowest BCUT2D eigenvalue weighted by Gasteiger charge is -2.32. The molecule has 0 atom stereocenters. The fraction of sp³-hybridized carbons (Fsp3) is 0.476. The van der Waals surface area contributed by atoms with Crippen molar-refractivity contribution in [1.82, 2.24) is 20.2 Å². The average molecular weight is 385 g/mol. The lowest BCUT2D eigenvalue weighted by atomic mass is 10.0. The lowest BCUT2D eigenvalue weighted by Crippen LogP contribution is -2.44. The third kappa shape index (κ3) is 5.53. The van der Waals surface area contributed by atoms with Crippen LogP contribution in [0.1, 0.15) is 47.8 Å². The number of amides is 1. The number of rotatable bonds is 7. The van der Waals surface area contributed by atoms with Gasteiger partial charge in [-0.15, -0.1) is 0 Å². The molecule has 0 spiro atoms. The van der Waals surface area contributed by atoms with Crippen molar-refractivity contribution in [2.45, 2.75) is 50.4 Å². The number of hydrogen-bond acceptors (Lipinski definition) is 5. The van der Waals surface area contributed by atoms with Crippen LogP contribution in [-0.4, -0.2) is 46.2 Å². The first-order valence-electron chi connectivity index (χ1n) is 9.66. The Morgan fingerprint density at radius 3 is 2.67 bits per heavy atom. The van der Waals surface area contributed by atoms with E-state index in [-0.39, 0.29) is 11.9 Å². The highest BCUT2D eigenvalue weighted by atomic mass is 32.2. The molecule has 1 saturated heterocycles. The van der Waals surface area contributed by atoms with E-state index in [0.29, 0.717) is 5.56 Å². The van der Waals surface area contributed by atoms with E-state index >= 15 is 0 Å². The van der Waals surface area contributed by atoms with E-state index in [9.17, 15) is 4.79 Å². The van der Waals surface area contributed by atoms with Crippen molar-refractivity contribution in [3.05, 3.63) is 53.3 Å². The Hall–Kier alpha value is -1.92. The van der Waals surface area contributed by atoms with Crippen LogP contribution in [0.4, 0.5) is 0 Å². The monoisotopic (exact) mass is 384 g/mol. The second-order valence-corrected chi connectivity index (χ2v) is 7.75. The van der Waals surface area contributed by atoms with Crippen molar-refractivity contribution in [1.29, 1.82) is 0 Å². The van der Waals surface area contributed by atoms with Crippen LogP contribution in [0.15, 0.2) is 41.7 Å². The number of aryl methyl sites for hydroxylation is 1. The summed E-state index contributed by atoms with van der Waals surface area (Å²) in [6.45, 7) is 5.09. The number of piperidine rings is 1. The normalized spacial score (nSPS) is 15.6. The number of carbonyl (C=O) groups is 1. The van der Waals surface area contributed by atoms with Gasteiger partial charge in [-0.2, -0.15) is 0 Å². The fourth-order valence-corrected chi connectivity index (χ4v) is 3.81. The van der Waals surface area contributed by atoms with Crippen molar-refractivity contribution < 1.29 is 4.79 Å². The van der Waals surface area contributed by atoms with Crippen LogP contribution >= 0.6 is 11.8 Å². The molecule has 0 saturated carbocycles. The van der Waals surface area contributed by atoms with Gasteiger partial charge in [0.15, 0.2) is 5.16 Å². The minimum absolute atomic E-state index is 0.0346. The van der Waals surface area contributed by atoms with Crippen molar-refractivity contribution >= 4 is 17.7 Å². The molecule has 27 heavy (non-hydrogen) atoms. The fourth-order valence-electron chi connectivity index (χ4n) is 3.45. The largest absolute Gasteiger partial charge is 0.349 e.